The average Bonchev–Trinajstić information content (AvgIpc) is 2.81. The fourth-order valence-electron chi connectivity index (χ4n) is 3.69. The van der Waals surface area contributed by atoms with E-state index in [1.165, 1.54) is 12.1 Å². The number of hydrogen-bond acceptors (Lipinski definition) is 7. The summed E-state index contributed by atoms with van der Waals surface area (Å²) < 4.78 is 57.7. The molecule has 30 heavy (non-hydrogen) atoms. The minimum Gasteiger partial charge on any atom is -0.456 e. The maximum absolute atomic E-state index is 13.3. The summed E-state index contributed by atoms with van der Waals surface area (Å²) in [5.74, 6) is -1.23. The van der Waals surface area contributed by atoms with E-state index in [1.807, 2.05) is 34.6 Å². The lowest BCUT2D eigenvalue weighted by Crippen LogP contribution is -2.41. The van der Waals surface area contributed by atoms with Crippen molar-refractivity contribution in [2.45, 2.75) is 83.5 Å². The van der Waals surface area contributed by atoms with Crippen molar-refractivity contribution in [3.8, 4) is 5.75 Å². The second-order valence-corrected chi connectivity index (χ2v) is 10.2. The minimum absolute atomic E-state index is 0.178. The van der Waals surface area contributed by atoms with E-state index in [0.29, 0.717) is 18.3 Å². The van der Waals surface area contributed by atoms with Crippen LogP contribution in [0.4, 0.5) is 3.89 Å². The molecule has 0 amide bonds. The highest BCUT2D eigenvalue weighted by Crippen LogP contribution is 2.37. The quantitative estimate of drug-likeness (QED) is 0.392. The van der Waals surface area contributed by atoms with Crippen molar-refractivity contribution in [2.24, 2.45) is 0 Å². The van der Waals surface area contributed by atoms with Gasteiger partial charge < -0.3 is 18.2 Å². The summed E-state index contributed by atoms with van der Waals surface area (Å²) in [4.78, 5) is 12.8. The first-order valence-corrected chi connectivity index (χ1v) is 11.4. The molecule has 1 aromatic rings. The number of benzene rings is 1. The lowest BCUT2D eigenvalue weighted by molar-refractivity contribution is -0.0270. The van der Waals surface area contributed by atoms with E-state index in [2.05, 4.69) is 4.18 Å². The van der Waals surface area contributed by atoms with Gasteiger partial charge in [-0.3, -0.25) is 0 Å². The van der Waals surface area contributed by atoms with Crippen molar-refractivity contribution in [3.63, 3.8) is 0 Å². The molecular weight excluding hydrogens is 414 g/mol. The van der Waals surface area contributed by atoms with Crippen LogP contribution >= 0.6 is 0 Å². The van der Waals surface area contributed by atoms with Gasteiger partial charge in [0.15, 0.2) is 5.75 Å². The molecular formula is C20H28BFO7S. The normalized spacial score (nSPS) is 22.5. The minimum atomic E-state index is -5.36. The Morgan fingerprint density at radius 2 is 1.60 bits per heavy atom. The van der Waals surface area contributed by atoms with Gasteiger partial charge in [-0.2, -0.15) is 8.42 Å². The molecule has 10 heteroatoms. The highest BCUT2D eigenvalue weighted by atomic mass is 32.3. The van der Waals surface area contributed by atoms with Crippen molar-refractivity contribution in [3.05, 3.63) is 23.8 Å². The molecule has 2 fully saturated rings. The van der Waals surface area contributed by atoms with Crippen molar-refractivity contribution in [1.82, 2.24) is 0 Å². The Balaban J connectivity index is 1.91. The molecule has 166 valence electrons. The van der Waals surface area contributed by atoms with E-state index in [-0.39, 0.29) is 5.56 Å². The number of carbonyl (C=O) groups is 1. The molecule has 0 aromatic heterocycles. The monoisotopic (exact) mass is 442 g/mol. The molecule has 1 heterocycles. The predicted molar refractivity (Wildman–Crippen MR) is 110 cm³/mol. The van der Waals surface area contributed by atoms with Crippen molar-refractivity contribution in [1.29, 1.82) is 0 Å². The molecule has 1 aliphatic carbocycles. The largest absolute Gasteiger partial charge is 0.494 e. The van der Waals surface area contributed by atoms with Gasteiger partial charge in [-0.05, 0) is 77.9 Å². The van der Waals surface area contributed by atoms with E-state index in [9.17, 15) is 17.1 Å². The van der Waals surface area contributed by atoms with Gasteiger partial charge in [0.05, 0.1) is 11.2 Å². The van der Waals surface area contributed by atoms with Gasteiger partial charge in [0.1, 0.15) is 11.2 Å². The molecule has 1 saturated carbocycles. The lowest BCUT2D eigenvalue weighted by Gasteiger charge is -2.33. The molecule has 1 aromatic carbocycles. The molecule has 0 N–H and O–H groups in total. The summed E-state index contributed by atoms with van der Waals surface area (Å²) >= 11 is 0. The van der Waals surface area contributed by atoms with Gasteiger partial charge in [0.2, 0.25) is 0 Å². The van der Waals surface area contributed by atoms with Gasteiger partial charge >= 0.3 is 23.6 Å². The Bertz CT molecular complexity index is 907. The summed E-state index contributed by atoms with van der Waals surface area (Å²) in [7, 11) is -6.19. The van der Waals surface area contributed by atoms with Crippen LogP contribution < -0.4 is 9.65 Å². The van der Waals surface area contributed by atoms with Crippen LogP contribution in [0, 0.1) is 0 Å². The van der Waals surface area contributed by atoms with Crippen molar-refractivity contribution < 1.29 is 35.3 Å². The third-order valence-corrected chi connectivity index (χ3v) is 6.57. The zero-order valence-electron chi connectivity index (χ0n) is 18.0. The van der Waals surface area contributed by atoms with Crippen LogP contribution in [0.1, 0.15) is 77.1 Å². The summed E-state index contributed by atoms with van der Waals surface area (Å²) in [6.07, 6.45) is 4.37. The highest BCUT2D eigenvalue weighted by Gasteiger charge is 2.52. The third kappa shape index (κ3) is 4.98. The molecule has 3 rings (SSSR count). The fourth-order valence-corrected chi connectivity index (χ4v) is 4.04. The van der Waals surface area contributed by atoms with Crippen LogP contribution in [0.25, 0.3) is 0 Å². The van der Waals surface area contributed by atoms with E-state index in [1.54, 1.807) is 6.07 Å². The topological polar surface area (TPSA) is 88.1 Å². The highest BCUT2D eigenvalue weighted by molar-refractivity contribution is 7.81. The molecule has 0 radical (unpaired) electrons. The zero-order valence-corrected chi connectivity index (χ0v) is 18.8. The third-order valence-electron chi connectivity index (χ3n) is 6.19. The second kappa shape index (κ2) is 7.80. The van der Waals surface area contributed by atoms with E-state index in [0.717, 1.165) is 19.3 Å². The van der Waals surface area contributed by atoms with E-state index >= 15 is 0 Å². The summed E-state index contributed by atoms with van der Waals surface area (Å²) in [6, 6.07) is 4.13. The van der Waals surface area contributed by atoms with Crippen LogP contribution in [0.15, 0.2) is 18.2 Å². The summed E-state index contributed by atoms with van der Waals surface area (Å²) in [5, 5.41) is 0. The Kier molecular flexibility index (Phi) is 5.99. The summed E-state index contributed by atoms with van der Waals surface area (Å²) in [6.45, 7) is 9.31. The average molecular weight is 442 g/mol. The van der Waals surface area contributed by atoms with Gasteiger partial charge in [-0.15, -0.1) is 0 Å². The first-order chi connectivity index (χ1) is 13.7. The van der Waals surface area contributed by atoms with Crippen LogP contribution in [-0.2, 0) is 24.5 Å². The van der Waals surface area contributed by atoms with Gasteiger partial charge in [0, 0.05) is 0 Å². The molecule has 1 saturated heterocycles. The standard InChI is InChI=1S/C20H28BFO7S/c1-18(2)19(3,4)29-21(28-18)14-9-10-15(16(13-14)27-30(22,24)25)17(23)26-20(5)11-7-6-8-12-20/h9-10,13H,6-8,11-12H2,1-5H3. The van der Waals surface area contributed by atoms with Gasteiger partial charge in [0.25, 0.3) is 0 Å². The smallest absolute Gasteiger partial charge is 0.456 e. The van der Waals surface area contributed by atoms with Gasteiger partial charge in [-0.25, -0.2) is 4.79 Å². The number of ether oxygens (including phenoxy) is 1. The number of halogens is 1. The second-order valence-electron chi connectivity index (χ2n) is 9.22. The molecule has 0 bridgehead atoms. The molecule has 7 nitrogen and oxygen atoms in total. The van der Waals surface area contributed by atoms with E-state index in [4.69, 9.17) is 14.0 Å². The Morgan fingerprint density at radius 3 is 2.13 bits per heavy atom. The Hall–Kier alpha value is -1.65. The maximum atomic E-state index is 13.3. The Labute approximate surface area is 177 Å². The molecule has 0 atom stereocenters. The van der Waals surface area contributed by atoms with Gasteiger partial charge in [-0.1, -0.05) is 16.4 Å². The summed E-state index contributed by atoms with van der Waals surface area (Å²) in [5.41, 5.74) is -1.68. The molecule has 2 aliphatic rings. The lowest BCUT2D eigenvalue weighted by atomic mass is 9.78. The fraction of sp³-hybridized carbons (Fsp3) is 0.650. The first kappa shape index (κ1) is 23.0. The molecule has 0 spiro atoms. The number of carbonyl (C=O) groups excluding carboxylic acids is 1. The number of rotatable bonds is 5. The van der Waals surface area contributed by atoms with Crippen molar-refractivity contribution >= 4 is 29.1 Å². The van der Waals surface area contributed by atoms with E-state index < -0.39 is 46.1 Å². The molecule has 0 unspecified atom stereocenters. The van der Waals surface area contributed by atoms with Crippen LogP contribution in [0.5, 0.6) is 5.75 Å². The SMILES string of the molecule is CC1(OC(=O)c2ccc(B3OC(C)(C)C(C)(C)O3)cc2OS(=O)(=O)F)CCCCC1. The number of hydrogen-bond donors (Lipinski definition) is 0. The van der Waals surface area contributed by atoms with Crippen LogP contribution in [-0.4, -0.2) is 38.3 Å². The Morgan fingerprint density at radius 1 is 1.03 bits per heavy atom. The van der Waals surface area contributed by atoms with Crippen LogP contribution in [0.3, 0.4) is 0 Å². The van der Waals surface area contributed by atoms with Crippen molar-refractivity contribution in [2.75, 3.05) is 0 Å². The van der Waals surface area contributed by atoms with Crippen LogP contribution in [0.2, 0.25) is 0 Å². The zero-order chi connectivity index (χ0) is 22.4. The predicted octanol–water partition coefficient (Wildman–Crippen LogP) is 3.46. The number of esters is 1. The maximum Gasteiger partial charge on any atom is 0.494 e. The first-order valence-electron chi connectivity index (χ1n) is 10.1. The molecule has 1 aliphatic heterocycles.